The average Bonchev–Trinajstić information content (AvgIpc) is 2.49. The smallest absolute Gasteiger partial charge is 0.216 e. The van der Waals surface area contributed by atoms with Gasteiger partial charge in [-0.2, -0.15) is 0 Å². The predicted octanol–water partition coefficient (Wildman–Crippen LogP) is 2.11. The molecule has 116 valence electrons. The van der Waals surface area contributed by atoms with Crippen molar-refractivity contribution < 1.29 is 8.42 Å². The van der Waals surface area contributed by atoms with Gasteiger partial charge in [0, 0.05) is 19.6 Å². The lowest BCUT2D eigenvalue weighted by molar-refractivity contribution is 0.109. The largest absolute Gasteiger partial charge is 0.316 e. The van der Waals surface area contributed by atoms with Crippen molar-refractivity contribution in [2.24, 2.45) is 5.41 Å². The fourth-order valence-corrected chi connectivity index (χ4v) is 6.52. The molecule has 1 aliphatic carbocycles. The van der Waals surface area contributed by atoms with Crippen LogP contribution in [0, 0.1) is 5.41 Å². The summed E-state index contributed by atoms with van der Waals surface area (Å²) in [5, 5.41) is 3.38. The van der Waals surface area contributed by atoms with Crippen molar-refractivity contribution in [2.45, 2.75) is 63.0 Å². The highest BCUT2D eigenvalue weighted by Gasteiger charge is 2.42. The van der Waals surface area contributed by atoms with Gasteiger partial charge in [-0.05, 0) is 50.5 Å². The molecule has 0 aromatic rings. The maximum Gasteiger partial charge on any atom is 0.216 e. The number of sulfonamides is 1. The highest BCUT2D eigenvalue weighted by molar-refractivity contribution is 7.89. The third-order valence-corrected chi connectivity index (χ3v) is 7.87. The Labute approximate surface area is 123 Å². The Hall–Kier alpha value is -0.130. The topological polar surface area (TPSA) is 49.4 Å². The first-order chi connectivity index (χ1) is 9.62. The lowest BCUT2D eigenvalue weighted by Gasteiger charge is -2.45. The molecule has 2 saturated heterocycles. The van der Waals surface area contributed by atoms with Crippen LogP contribution >= 0.6 is 0 Å². The second-order valence-electron chi connectivity index (χ2n) is 7.02. The summed E-state index contributed by atoms with van der Waals surface area (Å²) in [6.07, 6.45) is 9.75. The summed E-state index contributed by atoms with van der Waals surface area (Å²) in [5.41, 5.74) is 0.220. The maximum atomic E-state index is 12.9. The van der Waals surface area contributed by atoms with Gasteiger partial charge in [-0.25, -0.2) is 12.7 Å². The fraction of sp³-hybridized carbons (Fsp3) is 1.00. The second kappa shape index (κ2) is 5.93. The molecule has 3 aliphatic rings. The molecule has 3 rings (SSSR count). The summed E-state index contributed by atoms with van der Waals surface area (Å²) >= 11 is 0. The van der Waals surface area contributed by atoms with Gasteiger partial charge in [-0.1, -0.05) is 19.3 Å². The molecular weight excluding hydrogens is 272 g/mol. The average molecular weight is 300 g/mol. The van der Waals surface area contributed by atoms with Crippen LogP contribution in [0.5, 0.6) is 0 Å². The van der Waals surface area contributed by atoms with Crippen LogP contribution < -0.4 is 5.32 Å². The van der Waals surface area contributed by atoms with Gasteiger partial charge in [0.25, 0.3) is 0 Å². The number of hydrogen-bond acceptors (Lipinski definition) is 3. The molecule has 1 unspecified atom stereocenters. The monoisotopic (exact) mass is 300 g/mol. The Bertz CT molecular complexity index is 418. The molecule has 3 fully saturated rings. The van der Waals surface area contributed by atoms with Gasteiger partial charge in [-0.3, -0.25) is 0 Å². The molecule has 0 radical (unpaired) electrons. The van der Waals surface area contributed by atoms with E-state index in [0.29, 0.717) is 0 Å². The van der Waals surface area contributed by atoms with Crippen LogP contribution in [-0.2, 0) is 10.0 Å². The quantitative estimate of drug-likeness (QED) is 0.850. The van der Waals surface area contributed by atoms with Crippen LogP contribution in [0.3, 0.4) is 0 Å². The molecule has 2 heterocycles. The van der Waals surface area contributed by atoms with Gasteiger partial charge < -0.3 is 5.32 Å². The summed E-state index contributed by atoms with van der Waals surface area (Å²) in [6, 6.07) is 0. The molecular formula is C15H28N2O2S. The summed E-state index contributed by atoms with van der Waals surface area (Å²) in [7, 11) is -3.05. The zero-order valence-electron chi connectivity index (χ0n) is 12.4. The maximum absolute atomic E-state index is 12.9. The molecule has 0 bridgehead atoms. The van der Waals surface area contributed by atoms with E-state index in [1.54, 1.807) is 0 Å². The minimum atomic E-state index is -3.05. The minimum Gasteiger partial charge on any atom is -0.316 e. The van der Waals surface area contributed by atoms with Crippen molar-refractivity contribution in [3.05, 3.63) is 0 Å². The van der Waals surface area contributed by atoms with E-state index in [1.807, 2.05) is 4.31 Å². The molecule has 4 nitrogen and oxygen atoms in total. The van der Waals surface area contributed by atoms with Crippen LogP contribution in [0.25, 0.3) is 0 Å². The van der Waals surface area contributed by atoms with Crippen LogP contribution in [0.1, 0.15) is 57.8 Å². The number of hydrogen-bond donors (Lipinski definition) is 1. The zero-order chi connectivity index (χ0) is 14.1. The minimum absolute atomic E-state index is 0.0945. The van der Waals surface area contributed by atoms with Gasteiger partial charge in [-0.15, -0.1) is 0 Å². The zero-order valence-corrected chi connectivity index (χ0v) is 13.3. The molecule has 5 heteroatoms. The van der Waals surface area contributed by atoms with E-state index in [-0.39, 0.29) is 10.7 Å². The molecule has 0 aromatic heterocycles. The molecule has 0 aromatic carbocycles. The van der Waals surface area contributed by atoms with E-state index in [9.17, 15) is 8.42 Å². The number of nitrogens with one attached hydrogen (secondary N) is 1. The highest BCUT2D eigenvalue weighted by atomic mass is 32.2. The lowest BCUT2D eigenvalue weighted by Crippen LogP contribution is -2.54. The Balaban J connectivity index is 1.72. The molecule has 2 aliphatic heterocycles. The molecule has 20 heavy (non-hydrogen) atoms. The van der Waals surface area contributed by atoms with Crippen molar-refractivity contribution in [2.75, 3.05) is 26.2 Å². The van der Waals surface area contributed by atoms with Gasteiger partial charge in [0.2, 0.25) is 10.0 Å². The normalized spacial score (nSPS) is 34.4. The summed E-state index contributed by atoms with van der Waals surface area (Å²) in [4.78, 5) is 0. The van der Waals surface area contributed by atoms with Gasteiger partial charge in [0.1, 0.15) is 0 Å². The van der Waals surface area contributed by atoms with Gasteiger partial charge in [0.15, 0.2) is 0 Å². The second-order valence-corrected chi connectivity index (χ2v) is 9.24. The Morgan fingerprint density at radius 3 is 2.45 bits per heavy atom. The first-order valence-corrected chi connectivity index (χ1v) is 9.83. The Morgan fingerprint density at radius 2 is 1.75 bits per heavy atom. The van der Waals surface area contributed by atoms with Gasteiger partial charge >= 0.3 is 0 Å². The number of piperidine rings is 2. The predicted molar refractivity (Wildman–Crippen MR) is 81.1 cm³/mol. The summed E-state index contributed by atoms with van der Waals surface area (Å²) in [6.45, 7) is 3.61. The highest BCUT2D eigenvalue weighted by Crippen LogP contribution is 2.38. The van der Waals surface area contributed by atoms with Crippen molar-refractivity contribution in [1.29, 1.82) is 0 Å². The van der Waals surface area contributed by atoms with E-state index in [4.69, 9.17) is 0 Å². The molecule has 1 N–H and O–H groups in total. The first kappa shape index (κ1) is 14.8. The number of nitrogens with zero attached hydrogens (tertiary/aromatic N) is 1. The van der Waals surface area contributed by atoms with E-state index < -0.39 is 10.0 Å². The fourth-order valence-electron chi connectivity index (χ4n) is 4.33. The molecule has 0 amide bonds. The third-order valence-electron chi connectivity index (χ3n) is 5.52. The summed E-state index contributed by atoms with van der Waals surface area (Å²) < 4.78 is 27.6. The van der Waals surface area contributed by atoms with Crippen molar-refractivity contribution in [3.63, 3.8) is 0 Å². The van der Waals surface area contributed by atoms with E-state index in [1.165, 1.54) is 25.7 Å². The summed E-state index contributed by atoms with van der Waals surface area (Å²) in [5.74, 6) is 0. The van der Waals surface area contributed by atoms with Gasteiger partial charge in [0.05, 0.1) is 5.25 Å². The van der Waals surface area contributed by atoms with Crippen LogP contribution in [0.4, 0.5) is 0 Å². The van der Waals surface area contributed by atoms with Crippen LogP contribution in [-0.4, -0.2) is 44.2 Å². The van der Waals surface area contributed by atoms with E-state index in [0.717, 1.165) is 58.3 Å². The van der Waals surface area contributed by atoms with Crippen molar-refractivity contribution in [1.82, 2.24) is 9.62 Å². The number of rotatable bonds is 2. The Kier molecular flexibility index (Phi) is 4.39. The molecule has 1 atom stereocenters. The SMILES string of the molecule is O=S(=O)(C1CCCCC1)N1CCCC2(CCCNC2)C1. The van der Waals surface area contributed by atoms with Crippen LogP contribution in [0.15, 0.2) is 0 Å². The van der Waals surface area contributed by atoms with Crippen molar-refractivity contribution >= 4 is 10.0 Å². The van der Waals surface area contributed by atoms with E-state index >= 15 is 0 Å². The molecule has 1 saturated carbocycles. The third kappa shape index (κ3) is 2.90. The standard InChI is InChI=1S/C15H28N2O2S/c18-20(19,14-6-2-1-3-7-14)17-11-5-9-15(13-17)8-4-10-16-12-15/h14,16H,1-13H2. The van der Waals surface area contributed by atoms with E-state index in [2.05, 4.69) is 5.32 Å². The van der Waals surface area contributed by atoms with Crippen LogP contribution in [0.2, 0.25) is 0 Å². The Morgan fingerprint density at radius 1 is 1.00 bits per heavy atom. The van der Waals surface area contributed by atoms with Crippen molar-refractivity contribution in [3.8, 4) is 0 Å². The first-order valence-electron chi connectivity index (χ1n) is 8.32. The molecule has 1 spiro atoms. The lowest BCUT2D eigenvalue weighted by atomic mass is 9.75.